The second-order valence-electron chi connectivity index (χ2n) is 9.55. The molecule has 4 fully saturated rings. The van der Waals surface area contributed by atoms with Gasteiger partial charge in [0.1, 0.15) is 0 Å². The van der Waals surface area contributed by atoms with Gasteiger partial charge in [-0.3, -0.25) is 0 Å². The molecule has 4 aliphatic carbocycles. The molecular formula is C20H31NO2. The minimum absolute atomic E-state index is 0.0892. The largest absolute Gasteiger partial charge is 0.393 e. The van der Waals surface area contributed by atoms with Crippen LogP contribution in [0.1, 0.15) is 71.6 Å². The first-order valence-electron chi connectivity index (χ1n) is 9.66. The molecule has 8 atom stereocenters. The molecule has 4 saturated carbocycles. The Morgan fingerprint density at radius 3 is 2.43 bits per heavy atom. The van der Waals surface area contributed by atoms with Crippen LogP contribution in [-0.2, 0) is 0 Å². The summed E-state index contributed by atoms with van der Waals surface area (Å²) in [5.41, 5.74) is -0.944. The van der Waals surface area contributed by atoms with E-state index in [1.807, 2.05) is 0 Å². The van der Waals surface area contributed by atoms with Gasteiger partial charge in [0.25, 0.3) is 0 Å². The van der Waals surface area contributed by atoms with Crippen molar-refractivity contribution in [3.8, 4) is 6.07 Å². The van der Waals surface area contributed by atoms with Gasteiger partial charge in [-0.1, -0.05) is 13.8 Å². The van der Waals surface area contributed by atoms with Gasteiger partial charge >= 0.3 is 0 Å². The van der Waals surface area contributed by atoms with Gasteiger partial charge in [0.2, 0.25) is 0 Å². The number of fused-ring (bicyclic) bond motifs is 5. The zero-order chi connectivity index (χ0) is 16.5. The lowest BCUT2D eigenvalue weighted by molar-refractivity contribution is -0.145. The van der Waals surface area contributed by atoms with E-state index in [-0.39, 0.29) is 11.5 Å². The standard InChI is InChI=1S/C20H31NO2/c1-18-8-5-14(22)11-13(18)3-4-15-16(18)6-9-19(2)17(15)7-10-20(19,23)12-21/h13-17,22-23H,3-11H2,1-2H3. The number of hydrogen-bond acceptors (Lipinski definition) is 3. The van der Waals surface area contributed by atoms with Crippen LogP contribution in [0, 0.1) is 45.8 Å². The normalized spacial score (nSPS) is 58.7. The van der Waals surface area contributed by atoms with Gasteiger partial charge < -0.3 is 10.2 Å². The predicted octanol–water partition coefficient (Wildman–Crippen LogP) is 3.64. The number of nitriles is 1. The molecule has 0 radical (unpaired) electrons. The number of aliphatic hydroxyl groups is 2. The summed E-state index contributed by atoms with van der Waals surface area (Å²) in [5, 5.41) is 30.5. The zero-order valence-corrected chi connectivity index (χ0v) is 14.6. The summed E-state index contributed by atoms with van der Waals surface area (Å²) in [6.07, 6.45) is 9.31. The van der Waals surface area contributed by atoms with Crippen molar-refractivity contribution in [2.24, 2.45) is 34.5 Å². The Labute approximate surface area is 140 Å². The van der Waals surface area contributed by atoms with Crippen molar-refractivity contribution in [1.82, 2.24) is 0 Å². The second-order valence-corrected chi connectivity index (χ2v) is 9.55. The summed E-state index contributed by atoms with van der Waals surface area (Å²) < 4.78 is 0. The fourth-order valence-corrected chi connectivity index (χ4v) is 7.44. The molecule has 128 valence electrons. The molecule has 0 saturated heterocycles. The summed E-state index contributed by atoms with van der Waals surface area (Å²) in [6.45, 7) is 4.66. The van der Waals surface area contributed by atoms with Crippen molar-refractivity contribution in [2.75, 3.05) is 0 Å². The van der Waals surface area contributed by atoms with Crippen LogP contribution < -0.4 is 0 Å². The van der Waals surface area contributed by atoms with Gasteiger partial charge in [-0.25, -0.2) is 0 Å². The number of aliphatic hydroxyl groups excluding tert-OH is 1. The number of hydrogen-bond donors (Lipinski definition) is 2. The zero-order valence-electron chi connectivity index (χ0n) is 14.6. The fraction of sp³-hybridized carbons (Fsp3) is 0.950. The predicted molar refractivity (Wildman–Crippen MR) is 88.3 cm³/mol. The van der Waals surface area contributed by atoms with Gasteiger partial charge in [0.15, 0.2) is 5.60 Å². The highest BCUT2D eigenvalue weighted by Crippen LogP contribution is 2.68. The number of rotatable bonds is 0. The summed E-state index contributed by atoms with van der Waals surface area (Å²) in [6, 6.07) is 2.27. The molecule has 0 aromatic heterocycles. The Kier molecular flexibility index (Phi) is 3.43. The van der Waals surface area contributed by atoms with Gasteiger partial charge in [-0.2, -0.15) is 5.26 Å². The van der Waals surface area contributed by atoms with Crippen molar-refractivity contribution in [3.63, 3.8) is 0 Å². The van der Waals surface area contributed by atoms with Crippen molar-refractivity contribution in [2.45, 2.75) is 83.3 Å². The average molecular weight is 317 g/mol. The topological polar surface area (TPSA) is 64.2 Å². The van der Waals surface area contributed by atoms with Gasteiger partial charge in [-0.05, 0) is 86.9 Å². The first-order chi connectivity index (χ1) is 10.8. The Morgan fingerprint density at radius 2 is 1.70 bits per heavy atom. The lowest BCUT2D eigenvalue weighted by Gasteiger charge is -2.61. The molecule has 3 heteroatoms. The lowest BCUT2D eigenvalue weighted by atomic mass is 9.44. The molecule has 3 nitrogen and oxygen atoms in total. The molecule has 4 aliphatic rings. The molecule has 0 spiro atoms. The molecule has 2 N–H and O–H groups in total. The van der Waals surface area contributed by atoms with Crippen LogP contribution in [-0.4, -0.2) is 21.9 Å². The molecule has 0 aromatic rings. The van der Waals surface area contributed by atoms with E-state index in [1.165, 1.54) is 12.8 Å². The second kappa shape index (κ2) is 4.96. The lowest BCUT2D eigenvalue weighted by Crippen LogP contribution is -2.56. The monoisotopic (exact) mass is 317 g/mol. The fourth-order valence-electron chi connectivity index (χ4n) is 7.44. The summed E-state index contributed by atoms with van der Waals surface area (Å²) >= 11 is 0. The van der Waals surface area contributed by atoms with Crippen LogP contribution in [0.5, 0.6) is 0 Å². The van der Waals surface area contributed by atoms with Crippen molar-refractivity contribution in [3.05, 3.63) is 0 Å². The Bertz CT molecular complexity index is 542. The van der Waals surface area contributed by atoms with E-state index in [0.29, 0.717) is 29.6 Å². The van der Waals surface area contributed by atoms with Crippen LogP contribution in [0.15, 0.2) is 0 Å². The van der Waals surface area contributed by atoms with Gasteiger partial charge in [0.05, 0.1) is 12.2 Å². The molecule has 23 heavy (non-hydrogen) atoms. The molecule has 0 aliphatic heterocycles. The third-order valence-corrected chi connectivity index (χ3v) is 8.97. The van der Waals surface area contributed by atoms with E-state index >= 15 is 0 Å². The minimum atomic E-state index is -1.11. The van der Waals surface area contributed by atoms with E-state index in [4.69, 9.17) is 0 Å². The first kappa shape index (κ1) is 15.9. The maximum atomic E-state index is 10.9. The maximum Gasteiger partial charge on any atom is 0.156 e. The van der Waals surface area contributed by atoms with E-state index < -0.39 is 5.60 Å². The van der Waals surface area contributed by atoms with Crippen LogP contribution >= 0.6 is 0 Å². The summed E-state index contributed by atoms with van der Waals surface area (Å²) in [7, 11) is 0. The Hall–Kier alpha value is -0.590. The Morgan fingerprint density at radius 1 is 0.957 bits per heavy atom. The third-order valence-electron chi connectivity index (χ3n) is 8.97. The van der Waals surface area contributed by atoms with Gasteiger partial charge in [0, 0.05) is 5.41 Å². The highest BCUT2D eigenvalue weighted by molar-refractivity contribution is 5.20. The highest BCUT2D eigenvalue weighted by Gasteiger charge is 2.64. The first-order valence-corrected chi connectivity index (χ1v) is 9.66. The van der Waals surface area contributed by atoms with Crippen molar-refractivity contribution < 1.29 is 10.2 Å². The van der Waals surface area contributed by atoms with Gasteiger partial charge in [-0.15, -0.1) is 0 Å². The average Bonchev–Trinajstić information content (AvgIpc) is 2.80. The minimum Gasteiger partial charge on any atom is -0.393 e. The van der Waals surface area contributed by atoms with Crippen molar-refractivity contribution >= 4 is 0 Å². The molecule has 0 amide bonds. The van der Waals surface area contributed by atoms with Crippen LogP contribution in [0.25, 0.3) is 0 Å². The molecule has 0 aromatic carbocycles. The molecule has 8 unspecified atom stereocenters. The van der Waals surface area contributed by atoms with Crippen LogP contribution in [0.4, 0.5) is 0 Å². The molecule has 0 heterocycles. The highest BCUT2D eigenvalue weighted by atomic mass is 16.3. The molecule has 0 bridgehead atoms. The smallest absolute Gasteiger partial charge is 0.156 e. The SMILES string of the molecule is CC12CCC(O)CC1CCC1C2CCC2(C)C1CCC2(O)C#N. The molecular weight excluding hydrogens is 286 g/mol. The quantitative estimate of drug-likeness (QED) is 0.670. The summed E-state index contributed by atoms with van der Waals surface area (Å²) in [4.78, 5) is 0. The third kappa shape index (κ3) is 1.94. The maximum absolute atomic E-state index is 10.9. The Balaban J connectivity index is 1.65. The van der Waals surface area contributed by atoms with E-state index in [0.717, 1.165) is 44.4 Å². The van der Waals surface area contributed by atoms with E-state index in [1.54, 1.807) is 0 Å². The van der Waals surface area contributed by atoms with E-state index in [2.05, 4.69) is 19.9 Å². The van der Waals surface area contributed by atoms with Crippen LogP contribution in [0.2, 0.25) is 0 Å². The van der Waals surface area contributed by atoms with Crippen LogP contribution in [0.3, 0.4) is 0 Å². The summed E-state index contributed by atoms with van der Waals surface area (Å²) in [5.74, 6) is 2.59. The van der Waals surface area contributed by atoms with E-state index in [9.17, 15) is 15.5 Å². The van der Waals surface area contributed by atoms with Crippen molar-refractivity contribution in [1.29, 1.82) is 5.26 Å². The number of nitrogens with zero attached hydrogens (tertiary/aromatic N) is 1. The molecule has 4 rings (SSSR count).